The van der Waals surface area contributed by atoms with E-state index in [1.165, 1.54) is 13.8 Å². The predicted molar refractivity (Wildman–Crippen MR) is 59.6 cm³/mol. The van der Waals surface area contributed by atoms with Crippen LogP contribution in [0.1, 0.15) is 34.1 Å². The topological polar surface area (TPSA) is 89.3 Å². The number of hydrogen-bond donors (Lipinski definition) is 2. The molecule has 90 valence electrons. The van der Waals surface area contributed by atoms with Gasteiger partial charge in [-0.25, -0.2) is 8.42 Å². The van der Waals surface area contributed by atoms with E-state index in [1.807, 2.05) is 18.6 Å². The van der Waals surface area contributed by atoms with Gasteiger partial charge >= 0.3 is 0 Å². The van der Waals surface area contributed by atoms with Crippen molar-refractivity contribution < 1.29 is 13.2 Å². The van der Waals surface area contributed by atoms with Gasteiger partial charge < -0.3 is 5.73 Å². The molecule has 0 rings (SSSR count). The van der Waals surface area contributed by atoms with Crippen molar-refractivity contribution in [2.45, 2.75) is 45.4 Å². The molecular weight excluding hydrogens is 216 g/mol. The Morgan fingerprint density at radius 1 is 1.33 bits per heavy atom. The molecule has 0 bridgehead atoms. The van der Waals surface area contributed by atoms with Crippen LogP contribution in [0.25, 0.3) is 0 Å². The van der Waals surface area contributed by atoms with Crippen LogP contribution < -0.4 is 10.5 Å². The summed E-state index contributed by atoms with van der Waals surface area (Å²) in [6, 6.07) is -0.775. The molecule has 0 heterocycles. The van der Waals surface area contributed by atoms with E-state index >= 15 is 0 Å². The lowest BCUT2D eigenvalue weighted by Crippen LogP contribution is -2.48. The number of hydrogen-bond acceptors (Lipinski definition) is 4. The fourth-order valence-corrected chi connectivity index (χ4v) is 1.49. The normalized spacial score (nSPS) is 16.1. The highest BCUT2D eigenvalue weighted by atomic mass is 32.2. The quantitative estimate of drug-likeness (QED) is 0.714. The Morgan fingerprint density at radius 3 is 2.13 bits per heavy atom. The minimum atomic E-state index is -3.56. The third-order valence-corrected chi connectivity index (χ3v) is 4.15. The van der Waals surface area contributed by atoms with Gasteiger partial charge in [0.25, 0.3) is 5.91 Å². The molecule has 0 aliphatic carbocycles. The third kappa shape index (κ3) is 4.17. The molecule has 0 aliphatic heterocycles. The molecule has 0 aromatic heterocycles. The first-order valence-corrected chi connectivity index (χ1v) is 6.58. The molecule has 1 amide bonds. The Hall–Kier alpha value is -0.620. The average molecular weight is 236 g/mol. The molecule has 0 unspecified atom stereocenters. The Bertz CT molecular complexity index is 311. The first kappa shape index (κ1) is 14.4. The van der Waals surface area contributed by atoms with Crippen LogP contribution in [0.2, 0.25) is 0 Å². The van der Waals surface area contributed by atoms with Crippen molar-refractivity contribution in [2.24, 2.45) is 11.7 Å². The highest BCUT2D eigenvalue weighted by Gasteiger charge is 2.25. The number of rotatable bonds is 5. The Morgan fingerprint density at radius 2 is 1.80 bits per heavy atom. The Kier molecular flexibility index (Phi) is 5.23. The second-order valence-electron chi connectivity index (χ2n) is 3.97. The summed E-state index contributed by atoms with van der Waals surface area (Å²) in [5, 5.41) is -0.634. The molecule has 0 aromatic rings. The Balaban J connectivity index is 4.51. The summed E-state index contributed by atoms with van der Waals surface area (Å²) < 4.78 is 24.7. The van der Waals surface area contributed by atoms with Crippen molar-refractivity contribution >= 4 is 15.9 Å². The molecule has 2 atom stereocenters. The third-order valence-electron chi connectivity index (χ3n) is 2.42. The minimum absolute atomic E-state index is 0.0348. The minimum Gasteiger partial charge on any atom is -0.320 e. The van der Waals surface area contributed by atoms with Gasteiger partial charge in [-0.15, -0.1) is 0 Å². The van der Waals surface area contributed by atoms with E-state index in [4.69, 9.17) is 5.73 Å². The summed E-state index contributed by atoms with van der Waals surface area (Å²) >= 11 is 0. The van der Waals surface area contributed by atoms with Gasteiger partial charge in [-0.2, -0.15) is 0 Å². The molecule has 0 saturated heterocycles. The fraction of sp³-hybridized carbons (Fsp3) is 0.889. The molecular formula is C9H20N2O3S. The molecule has 0 fully saturated rings. The predicted octanol–water partition coefficient (Wildman–Crippen LogP) is 0.214. The molecule has 0 aromatic carbocycles. The van der Waals surface area contributed by atoms with Crippen LogP contribution in [0.3, 0.4) is 0 Å². The molecule has 0 radical (unpaired) electrons. The van der Waals surface area contributed by atoms with Gasteiger partial charge in [-0.1, -0.05) is 20.3 Å². The van der Waals surface area contributed by atoms with Crippen LogP contribution in [0.15, 0.2) is 0 Å². The maximum absolute atomic E-state index is 11.4. The SMILES string of the molecule is CC[C@H](C)[C@H](N)C(=O)NS(=O)(=O)C(C)C. The number of amides is 1. The zero-order valence-corrected chi connectivity index (χ0v) is 10.5. The first-order chi connectivity index (χ1) is 6.72. The monoisotopic (exact) mass is 236 g/mol. The summed E-state index contributed by atoms with van der Waals surface area (Å²) in [5.74, 6) is -0.662. The van der Waals surface area contributed by atoms with Crippen LogP contribution in [0.4, 0.5) is 0 Å². The van der Waals surface area contributed by atoms with Crippen LogP contribution in [-0.4, -0.2) is 25.6 Å². The van der Waals surface area contributed by atoms with E-state index in [1.54, 1.807) is 0 Å². The number of nitrogens with two attached hydrogens (primary N) is 1. The summed E-state index contributed by atoms with van der Waals surface area (Å²) in [6.45, 7) is 6.72. The second kappa shape index (κ2) is 5.46. The number of nitrogens with one attached hydrogen (secondary N) is 1. The Labute approximate surface area is 91.5 Å². The van der Waals surface area contributed by atoms with E-state index in [0.717, 1.165) is 6.42 Å². The van der Waals surface area contributed by atoms with Crippen molar-refractivity contribution in [1.82, 2.24) is 4.72 Å². The summed E-state index contributed by atoms with van der Waals surface area (Å²) in [4.78, 5) is 11.4. The molecule has 0 spiro atoms. The van der Waals surface area contributed by atoms with E-state index in [2.05, 4.69) is 0 Å². The van der Waals surface area contributed by atoms with Gasteiger partial charge in [-0.05, 0) is 19.8 Å². The fourth-order valence-electron chi connectivity index (χ4n) is 0.838. The number of carbonyl (C=O) groups is 1. The van der Waals surface area contributed by atoms with Crippen molar-refractivity contribution in [3.05, 3.63) is 0 Å². The smallest absolute Gasteiger partial charge is 0.250 e. The van der Waals surface area contributed by atoms with Crippen molar-refractivity contribution in [1.29, 1.82) is 0 Å². The maximum atomic E-state index is 11.4. The van der Waals surface area contributed by atoms with Gasteiger partial charge in [0, 0.05) is 0 Å². The summed E-state index contributed by atoms with van der Waals surface area (Å²) in [7, 11) is -3.56. The highest BCUT2D eigenvalue weighted by molar-refractivity contribution is 7.90. The lowest BCUT2D eigenvalue weighted by Gasteiger charge is -2.18. The standard InChI is InChI=1S/C9H20N2O3S/c1-5-7(4)8(10)9(12)11-15(13,14)6(2)3/h6-8H,5,10H2,1-4H3,(H,11,12)/t7-,8-/m0/s1. The highest BCUT2D eigenvalue weighted by Crippen LogP contribution is 2.06. The zero-order chi connectivity index (χ0) is 12.2. The van der Waals surface area contributed by atoms with E-state index in [-0.39, 0.29) is 5.92 Å². The van der Waals surface area contributed by atoms with Gasteiger partial charge in [-0.3, -0.25) is 9.52 Å². The van der Waals surface area contributed by atoms with Gasteiger partial charge in [0.2, 0.25) is 10.0 Å². The lowest BCUT2D eigenvalue weighted by molar-refractivity contribution is -0.121. The molecule has 0 aliphatic rings. The van der Waals surface area contributed by atoms with Crippen molar-refractivity contribution in [3.8, 4) is 0 Å². The van der Waals surface area contributed by atoms with Crippen LogP contribution >= 0.6 is 0 Å². The van der Waals surface area contributed by atoms with Gasteiger partial charge in [0.15, 0.2) is 0 Å². The van der Waals surface area contributed by atoms with E-state index in [9.17, 15) is 13.2 Å². The molecule has 5 nitrogen and oxygen atoms in total. The number of carbonyl (C=O) groups excluding carboxylic acids is 1. The number of sulfonamides is 1. The summed E-state index contributed by atoms with van der Waals surface area (Å²) in [5.41, 5.74) is 5.60. The average Bonchev–Trinajstić information content (AvgIpc) is 2.14. The van der Waals surface area contributed by atoms with Crippen LogP contribution in [0, 0.1) is 5.92 Å². The maximum Gasteiger partial charge on any atom is 0.250 e. The molecule has 15 heavy (non-hydrogen) atoms. The summed E-state index contributed by atoms with van der Waals surface area (Å²) in [6.07, 6.45) is 0.732. The van der Waals surface area contributed by atoms with Crippen LogP contribution in [0.5, 0.6) is 0 Å². The van der Waals surface area contributed by atoms with Crippen molar-refractivity contribution in [3.63, 3.8) is 0 Å². The van der Waals surface area contributed by atoms with E-state index < -0.39 is 27.2 Å². The first-order valence-electron chi connectivity index (χ1n) is 5.03. The van der Waals surface area contributed by atoms with Crippen molar-refractivity contribution in [2.75, 3.05) is 0 Å². The lowest BCUT2D eigenvalue weighted by atomic mass is 10.00. The zero-order valence-electron chi connectivity index (χ0n) is 9.65. The molecule has 3 N–H and O–H groups in total. The van der Waals surface area contributed by atoms with E-state index in [0.29, 0.717) is 0 Å². The van der Waals surface area contributed by atoms with Crippen LogP contribution in [-0.2, 0) is 14.8 Å². The van der Waals surface area contributed by atoms with Gasteiger partial charge in [0.1, 0.15) is 0 Å². The molecule has 0 saturated carbocycles. The largest absolute Gasteiger partial charge is 0.320 e. The van der Waals surface area contributed by atoms with Gasteiger partial charge in [0.05, 0.1) is 11.3 Å². The second-order valence-corrected chi connectivity index (χ2v) is 6.21. The molecule has 6 heteroatoms.